The minimum absolute atomic E-state index is 0.193. The van der Waals surface area contributed by atoms with Crippen LogP contribution in [-0.4, -0.2) is 32.7 Å². The fourth-order valence-corrected chi connectivity index (χ4v) is 0.780. The number of carbonyl (C=O) groups excluding carboxylic acids is 1. The van der Waals surface area contributed by atoms with E-state index in [0.717, 1.165) is 19.4 Å². The summed E-state index contributed by atoms with van der Waals surface area (Å²) in [7, 11) is 1.90. The molecule has 4 heteroatoms. The van der Waals surface area contributed by atoms with Crippen LogP contribution >= 0.6 is 0 Å². The Kier molecular flexibility index (Phi) is 8.05. The third kappa shape index (κ3) is 7.50. The van der Waals surface area contributed by atoms with Crippen molar-refractivity contribution < 1.29 is 9.53 Å². The maximum atomic E-state index is 10.8. The van der Waals surface area contributed by atoms with Gasteiger partial charge in [0.25, 0.3) is 0 Å². The van der Waals surface area contributed by atoms with Gasteiger partial charge < -0.3 is 15.8 Å². The van der Waals surface area contributed by atoms with Crippen LogP contribution in [0.4, 0.5) is 0 Å². The average Bonchev–Trinajstić information content (AvgIpc) is 2.05. The number of nitrogens with two attached hydrogens (primary N) is 1. The normalized spacial score (nSPS) is 9.83. The summed E-state index contributed by atoms with van der Waals surface area (Å²) in [6.45, 7) is 1.85. The van der Waals surface area contributed by atoms with Crippen LogP contribution in [-0.2, 0) is 9.53 Å². The molecule has 3 N–H and O–H groups in total. The van der Waals surface area contributed by atoms with Gasteiger partial charge in [0.05, 0.1) is 13.0 Å². The summed E-state index contributed by atoms with van der Waals surface area (Å²) in [4.78, 5) is 10.8. The number of carbonyl (C=O) groups is 1. The van der Waals surface area contributed by atoms with E-state index >= 15 is 0 Å². The molecule has 0 aromatic rings. The highest BCUT2D eigenvalue weighted by Crippen LogP contribution is 1.90. The van der Waals surface area contributed by atoms with Gasteiger partial charge in [-0.1, -0.05) is 0 Å². The monoisotopic (exact) mass is 174 g/mol. The molecular weight excluding hydrogens is 156 g/mol. The first-order valence-corrected chi connectivity index (χ1v) is 4.31. The first-order valence-electron chi connectivity index (χ1n) is 4.31. The lowest BCUT2D eigenvalue weighted by molar-refractivity contribution is -0.143. The molecule has 0 atom stereocenters. The molecule has 0 aromatic heterocycles. The Hall–Kier alpha value is -0.610. The average molecular weight is 174 g/mol. The van der Waals surface area contributed by atoms with Crippen molar-refractivity contribution in [2.24, 2.45) is 5.73 Å². The molecule has 0 bridgehead atoms. The number of ether oxygens (including phenoxy) is 1. The number of unbranched alkanes of at least 4 members (excludes halogenated alkanes) is 1. The summed E-state index contributed by atoms with van der Waals surface area (Å²) < 4.78 is 4.88. The van der Waals surface area contributed by atoms with Gasteiger partial charge in [-0.2, -0.15) is 0 Å². The molecule has 0 aliphatic rings. The molecule has 0 saturated carbocycles. The van der Waals surface area contributed by atoms with Crippen molar-refractivity contribution in [3.8, 4) is 0 Å². The quantitative estimate of drug-likeness (QED) is 0.417. The number of hydrogen-bond donors (Lipinski definition) is 2. The van der Waals surface area contributed by atoms with Crippen LogP contribution in [0, 0.1) is 0 Å². The van der Waals surface area contributed by atoms with E-state index in [9.17, 15) is 4.79 Å². The lowest BCUT2D eigenvalue weighted by Gasteiger charge is -2.02. The van der Waals surface area contributed by atoms with Gasteiger partial charge in [0.15, 0.2) is 0 Å². The molecule has 0 fully saturated rings. The van der Waals surface area contributed by atoms with E-state index < -0.39 is 0 Å². The zero-order chi connectivity index (χ0) is 9.23. The lowest BCUT2D eigenvalue weighted by Crippen LogP contribution is -2.13. The van der Waals surface area contributed by atoms with Crippen LogP contribution in [0.5, 0.6) is 0 Å². The highest BCUT2D eigenvalue weighted by molar-refractivity contribution is 5.69. The first-order chi connectivity index (χ1) is 5.81. The van der Waals surface area contributed by atoms with Gasteiger partial charge in [-0.15, -0.1) is 0 Å². The zero-order valence-corrected chi connectivity index (χ0v) is 7.64. The highest BCUT2D eigenvalue weighted by atomic mass is 16.5. The molecule has 0 spiro atoms. The summed E-state index contributed by atoms with van der Waals surface area (Å²) in [5.74, 6) is -0.193. The van der Waals surface area contributed by atoms with E-state index in [4.69, 9.17) is 10.5 Å². The van der Waals surface area contributed by atoms with Crippen LogP contribution in [0.25, 0.3) is 0 Å². The van der Waals surface area contributed by atoms with Gasteiger partial charge in [-0.25, -0.2) is 0 Å². The Morgan fingerprint density at radius 3 is 2.83 bits per heavy atom. The Bertz CT molecular complexity index is 118. The SMILES string of the molecule is CNCCCCOC(=O)CCN. The van der Waals surface area contributed by atoms with Crippen LogP contribution in [0.15, 0.2) is 0 Å². The fraction of sp³-hybridized carbons (Fsp3) is 0.875. The Morgan fingerprint density at radius 1 is 1.50 bits per heavy atom. The molecule has 0 rings (SSSR count). The van der Waals surface area contributed by atoms with Gasteiger partial charge >= 0.3 is 5.97 Å². The summed E-state index contributed by atoms with van der Waals surface area (Å²) in [5.41, 5.74) is 5.17. The molecule has 12 heavy (non-hydrogen) atoms. The topological polar surface area (TPSA) is 64.3 Å². The smallest absolute Gasteiger partial charge is 0.307 e. The second-order valence-corrected chi connectivity index (χ2v) is 2.57. The van der Waals surface area contributed by atoms with E-state index in [2.05, 4.69) is 5.32 Å². The van der Waals surface area contributed by atoms with Crippen molar-refractivity contribution in [3.63, 3.8) is 0 Å². The number of rotatable bonds is 7. The van der Waals surface area contributed by atoms with Gasteiger partial charge in [0.2, 0.25) is 0 Å². The third-order valence-corrected chi connectivity index (χ3v) is 1.43. The summed E-state index contributed by atoms with van der Waals surface area (Å²) in [6.07, 6.45) is 2.27. The van der Waals surface area contributed by atoms with Crippen molar-refractivity contribution in [1.29, 1.82) is 0 Å². The molecule has 0 heterocycles. The minimum Gasteiger partial charge on any atom is -0.466 e. The second kappa shape index (κ2) is 8.49. The van der Waals surface area contributed by atoms with Crippen molar-refractivity contribution in [3.05, 3.63) is 0 Å². The van der Waals surface area contributed by atoms with E-state index in [0.29, 0.717) is 19.6 Å². The molecule has 0 aliphatic carbocycles. The Labute approximate surface area is 73.5 Å². The Balaban J connectivity index is 3.03. The predicted octanol–water partition coefficient (Wildman–Crippen LogP) is -0.122. The lowest BCUT2D eigenvalue weighted by atomic mass is 10.3. The van der Waals surface area contributed by atoms with E-state index in [1.165, 1.54) is 0 Å². The fourth-order valence-electron chi connectivity index (χ4n) is 0.780. The molecule has 4 nitrogen and oxygen atoms in total. The second-order valence-electron chi connectivity index (χ2n) is 2.57. The predicted molar refractivity (Wildman–Crippen MR) is 47.8 cm³/mol. The largest absolute Gasteiger partial charge is 0.466 e. The summed E-state index contributed by atoms with van der Waals surface area (Å²) in [6, 6.07) is 0. The molecular formula is C8H18N2O2. The van der Waals surface area contributed by atoms with Crippen molar-refractivity contribution >= 4 is 5.97 Å². The minimum atomic E-state index is -0.193. The van der Waals surface area contributed by atoms with Crippen LogP contribution in [0.3, 0.4) is 0 Å². The van der Waals surface area contributed by atoms with E-state index in [-0.39, 0.29) is 5.97 Å². The van der Waals surface area contributed by atoms with Gasteiger partial charge in [-0.3, -0.25) is 4.79 Å². The maximum absolute atomic E-state index is 10.8. The van der Waals surface area contributed by atoms with Crippen LogP contribution in [0.2, 0.25) is 0 Å². The van der Waals surface area contributed by atoms with Crippen molar-refractivity contribution in [1.82, 2.24) is 5.32 Å². The van der Waals surface area contributed by atoms with Gasteiger partial charge in [0.1, 0.15) is 0 Å². The molecule has 0 saturated heterocycles. The molecule has 0 unspecified atom stereocenters. The summed E-state index contributed by atoms with van der Waals surface area (Å²) >= 11 is 0. The first kappa shape index (κ1) is 11.4. The standard InChI is InChI=1S/C8H18N2O2/c1-10-6-2-3-7-12-8(11)4-5-9/h10H,2-7,9H2,1H3. The maximum Gasteiger partial charge on any atom is 0.307 e. The van der Waals surface area contributed by atoms with Crippen molar-refractivity contribution in [2.45, 2.75) is 19.3 Å². The molecule has 0 aromatic carbocycles. The van der Waals surface area contributed by atoms with Gasteiger partial charge in [0, 0.05) is 6.54 Å². The Morgan fingerprint density at radius 2 is 2.25 bits per heavy atom. The number of hydrogen-bond acceptors (Lipinski definition) is 4. The molecule has 0 radical (unpaired) electrons. The van der Waals surface area contributed by atoms with Gasteiger partial charge in [-0.05, 0) is 26.4 Å². The highest BCUT2D eigenvalue weighted by Gasteiger charge is 1.98. The van der Waals surface area contributed by atoms with E-state index in [1.54, 1.807) is 0 Å². The van der Waals surface area contributed by atoms with Crippen molar-refractivity contribution in [2.75, 3.05) is 26.7 Å². The van der Waals surface area contributed by atoms with E-state index in [1.807, 2.05) is 7.05 Å². The molecule has 0 amide bonds. The summed E-state index contributed by atoms with van der Waals surface area (Å²) in [5, 5.41) is 3.02. The third-order valence-electron chi connectivity index (χ3n) is 1.43. The zero-order valence-electron chi connectivity index (χ0n) is 7.64. The number of esters is 1. The number of nitrogens with one attached hydrogen (secondary N) is 1. The molecule has 72 valence electrons. The van der Waals surface area contributed by atoms with Crippen LogP contribution in [0.1, 0.15) is 19.3 Å². The molecule has 0 aliphatic heterocycles. The van der Waals surface area contributed by atoms with Crippen LogP contribution < -0.4 is 11.1 Å².